The Hall–Kier alpha value is -0.640. The smallest absolute Gasteiger partial charge is 0.126 e. The minimum Gasteiger partial charge on any atom is -0.377 e. The van der Waals surface area contributed by atoms with E-state index in [4.69, 9.17) is 16.3 Å². The fraction of sp³-hybridized carbons (Fsp3) is 0.571. The number of halogens is 2. The van der Waals surface area contributed by atoms with Crippen molar-refractivity contribution in [2.75, 3.05) is 13.7 Å². The SMILES string of the molecule is CCOC(CC)C(Cc1cc(Cl)ccc1F)NC. The van der Waals surface area contributed by atoms with E-state index in [1.165, 1.54) is 6.07 Å². The molecular weight excluding hydrogens is 253 g/mol. The number of rotatable bonds is 7. The number of ether oxygens (including phenoxy) is 1. The van der Waals surface area contributed by atoms with E-state index < -0.39 is 0 Å². The molecule has 4 heteroatoms. The van der Waals surface area contributed by atoms with Crippen LogP contribution in [0.5, 0.6) is 0 Å². The lowest BCUT2D eigenvalue weighted by Crippen LogP contribution is -2.41. The zero-order chi connectivity index (χ0) is 13.5. The quantitative estimate of drug-likeness (QED) is 0.822. The molecule has 0 aliphatic heterocycles. The van der Waals surface area contributed by atoms with Gasteiger partial charge < -0.3 is 10.1 Å². The maximum absolute atomic E-state index is 13.7. The van der Waals surface area contributed by atoms with E-state index in [1.54, 1.807) is 12.1 Å². The van der Waals surface area contributed by atoms with Crippen LogP contribution >= 0.6 is 11.6 Å². The second kappa shape index (κ2) is 7.72. The molecule has 0 fully saturated rings. The van der Waals surface area contributed by atoms with Gasteiger partial charge >= 0.3 is 0 Å². The first-order chi connectivity index (χ1) is 8.62. The molecule has 0 bridgehead atoms. The first-order valence-electron chi connectivity index (χ1n) is 6.35. The largest absolute Gasteiger partial charge is 0.377 e. The molecule has 0 saturated heterocycles. The molecule has 1 aromatic carbocycles. The van der Waals surface area contributed by atoms with E-state index in [-0.39, 0.29) is 18.0 Å². The highest BCUT2D eigenvalue weighted by molar-refractivity contribution is 6.30. The molecule has 0 aliphatic rings. The van der Waals surface area contributed by atoms with Gasteiger partial charge in [0.05, 0.1) is 6.10 Å². The van der Waals surface area contributed by atoms with Gasteiger partial charge in [-0.2, -0.15) is 0 Å². The second-order valence-electron chi connectivity index (χ2n) is 4.24. The van der Waals surface area contributed by atoms with Crippen molar-refractivity contribution >= 4 is 11.6 Å². The molecule has 18 heavy (non-hydrogen) atoms. The zero-order valence-electron chi connectivity index (χ0n) is 11.2. The number of hydrogen-bond donors (Lipinski definition) is 1. The molecule has 2 unspecified atom stereocenters. The van der Waals surface area contributed by atoms with E-state index >= 15 is 0 Å². The van der Waals surface area contributed by atoms with Crippen LogP contribution < -0.4 is 5.32 Å². The average Bonchev–Trinajstić information content (AvgIpc) is 2.37. The number of likely N-dealkylation sites (N-methyl/N-ethyl adjacent to an activating group) is 1. The molecule has 0 spiro atoms. The van der Waals surface area contributed by atoms with Crippen LogP contribution in [0.3, 0.4) is 0 Å². The second-order valence-corrected chi connectivity index (χ2v) is 4.67. The van der Waals surface area contributed by atoms with Crippen LogP contribution in [0.1, 0.15) is 25.8 Å². The number of nitrogens with one attached hydrogen (secondary N) is 1. The van der Waals surface area contributed by atoms with E-state index in [0.29, 0.717) is 23.6 Å². The van der Waals surface area contributed by atoms with E-state index in [0.717, 1.165) is 6.42 Å². The molecule has 0 heterocycles. The Morgan fingerprint density at radius 1 is 1.39 bits per heavy atom. The van der Waals surface area contributed by atoms with Crippen molar-refractivity contribution in [2.45, 2.75) is 38.8 Å². The molecule has 0 radical (unpaired) electrons. The Kier molecular flexibility index (Phi) is 6.61. The molecule has 102 valence electrons. The molecule has 2 atom stereocenters. The summed E-state index contributed by atoms with van der Waals surface area (Å²) >= 11 is 5.90. The average molecular weight is 274 g/mol. The molecular formula is C14H21ClFNO. The fourth-order valence-electron chi connectivity index (χ4n) is 2.09. The summed E-state index contributed by atoms with van der Waals surface area (Å²) in [4.78, 5) is 0. The highest BCUT2D eigenvalue weighted by atomic mass is 35.5. The van der Waals surface area contributed by atoms with Crippen molar-refractivity contribution in [1.29, 1.82) is 0 Å². The van der Waals surface area contributed by atoms with Crippen LogP contribution in [0.25, 0.3) is 0 Å². The molecule has 0 aliphatic carbocycles. The van der Waals surface area contributed by atoms with Crippen LogP contribution in [0.2, 0.25) is 5.02 Å². The minimum atomic E-state index is -0.217. The summed E-state index contributed by atoms with van der Waals surface area (Å²) in [5.41, 5.74) is 0.625. The van der Waals surface area contributed by atoms with Gasteiger partial charge in [0.15, 0.2) is 0 Å². The first-order valence-corrected chi connectivity index (χ1v) is 6.72. The van der Waals surface area contributed by atoms with Gasteiger partial charge in [0.25, 0.3) is 0 Å². The molecule has 1 rings (SSSR count). The Labute approximate surface area is 113 Å². The predicted octanol–water partition coefficient (Wildman–Crippen LogP) is 3.42. The van der Waals surface area contributed by atoms with E-state index in [2.05, 4.69) is 12.2 Å². The van der Waals surface area contributed by atoms with Crippen molar-refractivity contribution in [3.63, 3.8) is 0 Å². The van der Waals surface area contributed by atoms with Gasteiger partial charge in [0.2, 0.25) is 0 Å². The zero-order valence-corrected chi connectivity index (χ0v) is 11.9. The van der Waals surface area contributed by atoms with Gasteiger partial charge in [0, 0.05) is 17.7 Å². The summed E-state index contributed by atoms with van der Waals surface area (Å²) < 4.78 is 19.4. The minimum absolute atomic E-state index is 0.0818. The van der Waals surface area contributed by atoms with Gasteiger partial charge in [-0.05, 0) is 50.6 Å². The molecule has 1 N–H and O–H groups in total. The standard InChI is InChI=1S/C14H21ClFNO/c1-4-14(18-5-2)13(17-3)9-10-8-11(15)6-7-12(10)16/h6-8,13-14,17H,4-5,9H2,1-3H3. The summed E-state index contributed by atoms with van der Waals surface area (Å²) in [6.07, 6.45) is 1.54. The van der Waals surface area contributed by atoms with Crippen LogP contribution in [-0.2, 0) is 11.2 Å². The maximum atomic E-state index is 13.7. The highest BCUT2D eigenvalue weighted by Gasteiger charge is 2.20. The molecule has 0 aromatic heterocycles. The Bertz CT molecular complexity index is 373. The lowest BCUT2D eigenvalue weighted by atomic mass is 9.99. The van der Waals surface area contributed by atoms with Gasteiger partial charge in [0.1, 0.15) is 5.82 Å². The van der Waals surface area contributed by atoms with Gasteiger partial charge in [-0.3, -0.25) is 0 Å². The molecule has 1 aromatic rings. The number of hydrogen-bond acceptors (Lipinski definition) is 2. The third-order valence-electron chi connectivity index (χ3n) is 3.05. The van der Waals surface area contributed by atoms with E-state index in [9.17, 15) is 4.39 Å². The van der Waals surface area contributed by atoms with Crippen LogP contribution in [0.4, 0.5) is 4.39 Å². The van der Waals surface area contributed by atoms with Crippen molar-refractivity contribution in [2.24, 2.45) is 0 Å². The lowest BCUT2D eigenvalue weighted by Gasteiger charge is -2.26. The highest BCUT2D eigenvalue weighted by Crippen LogP contribution is 2.18. The Morgan fingerprint density at radius 3 is 2.67 bits per heavy atom. The summed E-state index contributed by atoms with van der Waals surface area (Å²) in [7, 11) is 1.87. The lowest BCUT2D eigenvalue weighted by molar-refractivity contribution is 0.0337. The molecule has 2 nitrogen and oxygen atoms in total. The summed E-state index contributed by atoms with van der Waals surface area (Å²) in [6, 6.07) is 4.74. The van der Waals surface area contributed by atoms with Gasteiger partial charge in [-0.1, -0.05) is 18.5 Å². The maximum Gasteiger partial charge on any atom is 0.126 e. The normalized spacial score (nSPS) is 14.5. The topological polar surface area (TPSA) is 21.3 Å². The van der Waals surface area contributed by atoms with Crippen molar-refractivity contribution in [3.05, 3.63) is 34.6 Å². The van der Waals surface area contributed by atoms with Crippen molar-refractivity contribution in [1.82, 2.24) is 5.32 Å². The summed E-state index contributed by atoms with van der Waals surface area (Å²) in [6.45, 7) is 4.70. The third kappa shape index (κ3) is 4.23. The third-order valence-corrected chi connectivity index (χ3v) is 3.29. The van der Waals surface area contributed by atoms with Gasteiger partial charge in [-0.25, -0.2) is 4.39 Å². The van der Waals surface area contributed by atoms with Crippen molar-refractivity contribution < 1.29 is 9.13 Å². The first kappa shape index (κ1) is 15.4. The Balaban J connectivity index is 2.81. The van der Waals surface area contributed by atoms with Gasteiger partial charge in [-0.15, -0.1) is 0 Å². The summed E-state index contributed by atoms with van der Waals surface area (Å²) in [5.74, 6) is -0.217. The predicted molar refractivity (Wildman–Crippen MR) is 73.7 cm³/mol. The molecule has 0 amide bonds. The fourth-order valence-corrected chi connectivity index (χ4v) is 2.28. The monoisotopic (exact) mass is 273 g/mol. The molecule has 0 saturated carbocycles. The number of benzene rings is 1. The van der Waals surface area contributed by atoms with Crippen LogP contribution in [0.15, 0.2) is 18.2 Å². The summed E-state index contributed by atoms with van der Waals surface area (Å²) in [5, 5.41) is 3.76. The van der Waals surface area contributed by atoms with E-state index in [1.807, 2.05) is 14.0 Å². The van der Waals surface area contributed by atoms with Crippen LogP contribution in [0, 0.1) is 5.82 Å². The Morgan fingerprint density at radius 2 is 2.11 bits per heavy atom. The van der Waals surface area contributed by atoms with Crippen LogP contribution in [-0.4, -0.2) is 25.8 Å². The van der Waals surface area contributed by atoms with Crippen molar-refractivity contribution in [3.8, 4) is 0 Å².